The van der Waals surface area contributed by atoms with Gasteiger partial charge in [-0.1, -0.05) is 97.5 Å². The maximum absolute atomic E-state index is 16.6. The highest BCUT2D eigenvalue weighted by Crippen LogP contribution is 2.66. The minimum atomic E-state index is -2.11. The molecule has 15 heteroatoms. The number of benzene rings is 5. The molecule has 73 heavy (non-hydrogen) atoms. The number of morpholine rings is 2. The summed E-state index contributed by atoms with van der Waals surface area (Å²) in [7, 11) is 1.47. The molecular formula is C58H60N4O11. The molecule has 3 N–H and O–H groups in total. The first kappa shape index (κ1) is 49.5. The van der Waals surface area contributed by atoms with E-state index in [1.807, 2.05) is 83.8 Å². The van der Waals surface area contributed by atoms with E-state index < -0.39 is 65.0 Å². The topological polar surface area (TPSA) is 177 Å². The number of fused-ring (bicyclic) bond motifs is 3. The Hall–Kier alpha value is -7.06. The lowest BCUT2D eigenvalue weighted by atomic mass is 9.65. The second-order valence-corrected chi connectivity index (χ2v) is 19.2. The van der Waals surface area contributed by atoms with Gasteiger partial charge in [-0.25, -0.2) is 9.69 Å². The molecule has 1 saturated carbocycles. The highest BCUT2D eigenvalue weighted by molar-refractivity contribution is 6.24. The molecular weight excluding hydrogens is 929 g/mol. The summed E-state index contributed by atoms with van der Waals surface area (Å²) >= 11 is 0. The predicted molar refractivity (Wildman–Crippen MR) is 272 cm³/mol. The van der Waals surface area contributed by atoms with Crippen LogP contribution in [0.4, 0.5) is 21.9 Å². The molecule has 4 heterocycles. The molecule has 6 unspecified atom stereocenters. The Morgan fingerprint density at radius 3 is 2.18 bits per heavy atom. The molecule has 3 saturated heterocycles. The van der Waals surface area contributed by atoms with Gasteiger partial charge in [0.25, 0.3) is 0 Å². The van der Waals surface area contributed by atoms with Crippen LogP contribution in [0.5, 0.6) is 5.75 Å². The quantitative estimate of drug-likeness (QED) is 0.0488. The van der Waals surface area contributed by atoms with Crippen LogP contribution in [-0.2, 0) is 38.7 Å². The van der Waals surface area contributed by atoms with Crippen LogP contribution in [0.1, 0.15) is 84.5 Å². The van der Waals surface area contributed by atoms with Gasteiger partial charge in [0.15, 0.2) is 0 Å². The Labute approximate surface area is 424 Å². The maximum atomic E-state index is 16.6. The Kier molecular flexibility index (Phi) is 14.6. The average Bonchev–Trinajstić information content (AvgIpc) is 3.76. The Morgan fingerprint density at radius 1 is 0.781 bits per heavy atom. The number of hydrogen-bond acceptors (Lipinski definition) is 13. The van der Waals surface area contributed by atoms with Gasteiger partial charge in [-0.05, 0) is 103 Å². The van der Waals surface area contributed by atoms with Gasteiger partial charge in [-0.3, -0.25) is 19.3 Å². The third-order valence-corrected chi connectivity index (χ3v) is 14.9. The third kappa shape index (κ3) is 9.57. The number of carbonyl (C=O) groups excluding carboxylic acids is 4. The van der Waals surface area contributed by atoms with E-state index in [1.165, 1.54) is 7.11 Å². The van der Waals surface area contributed by atoms with E-state index in [9.17, 15) is 15.0 Å². The van der Waals surface area contributed by atoms with Crippen LogP contribution in [0, 0.1) is 17.8 Å². The van der Waals surface area contributed by atoms with Crippen LogP contribution in [0.3, 0.4) is 0 Å². The molecule has 6 atom stereocenters. The van der Waals surface area contributed by atoms with Crippen molar-refractivity contribution >= 4 is 40.9 Å². The van der Waals surface area contributed by atoms with Crippen molar-refractivity contribution in [3.63, 3.8) is 0 Å². The van der Waals surface area contributed by atoms with Crippen molar-refractivity contribution in [3.05, 3.63) is 155 Å². The second-order valence-electron chi connectivity index (χ2n) is 19.2. The van der Waals surface area contributed by atoms with Gasteiger partial charge >= 0.3 is 12.1 Å². The fourth-order valence-electron chi connectivity index (χ4n) is 11.6. The number of methoxy groups -OCH3 is 1. The molecule has 1 aliphatic carbocycles. The van der Waals surface area contributed by atoms with Crippen LogP contribution in [0.25, 0.3) is 0 Å². The zero-order valence-corrected chi connectivity index (χ0v) is 40.8. The first-order valence-electron chi connectivity index (χ1n) is 25.2. The lowest BCUT2D eigenvalue weighted by Crippen LogP contribution is -2.54. The first-order chi connectivity index (χ1) is 35.6. The molecule has 378 valence electrons. The SMILES string of the molecule is COCCOC(=O)N1C(=O)C2(c3cc(C#CC4(O)CCCCCC4)ccc31)C(C(=O)Nc1ccc(N3CCOCC3)cc1)C1C(=O)OC(c3ccccc3)C(c3ccccc3)N1C2c1cccc(OCCO)c1. The van der Waals surface area contributed by atoms with Crippen molar-refractivity contribution in [1.82, 2.24) is 4.90 Å². The van der Waals surface area contributed by atoms with E-state index in [4.69, 9.17) is 23.7 Å². The van der Waals surface area contributed by atoms with E-state index in [1.54, 1.807) is 48.5 Å². The molecule has 0 aromatic heterocycles. The molecule has 1 spiro atoms. The number of ether oxygens (including phenoxy) is 5. The number of imide groups is 1. The Bertz CT molecular complexity index is 2860. The predicted octanol–water partition coefficient (Wildman–Crippen LogP) is 7.42. The third-order valence-electron chi connectivity index (χ3n) is 14.9. The fraction of sp³-hybridized carbons (Fsp3) is 0.379. The monoisotopic (exact) mass is 988 g/mol. The number of cyclic esters (lactones) is 1. The summed E-state index contributed by atoms with van der Waals surface area (Å²) < 4.78 is 29.2. The smallest absolute Gasteiger partial charge is 0.421 e. The first-order valence-corrected chi connectivity index (χ1v) is 25.2. The van der Waals surface area contributed by atoms with Crippen molar-refractivity contribution in [2.24, 2.45) is 5.92 Å². The van der Waals surface area contributed by atoms with Crippen molar-refractivity contribution in [2.45, 2.75) is 73.8 Å². The van der Waals surface area contributed by atoms with Crippen molar-refractivity contribution in [2.75, 3.05) is 75.0 Å². The summed E-state index contributed by atoms with van der Waals surface area (Å²) in [5, 5.41) is 24.8. The molecule has 4 aliphatic heterocycles. The van der Waals surface area contributed by atoms with Crippen LogP contribution in [0.15, 0.2) is 127 Å². The molecule has 0 bridgehead atoms. The Balaban J connectivity index is 1.24. The highest BCUT2D eigenvalue weighted by atomic mass is 16.6. The molecule has 15 nitrogen and oxygen atoms in total. The number of carbonyl (C=O) groups is 4. The van der Waals surface area contributed by atoms with Crippen LogP contribution < -0.4 is 19.9 Å². The van der Waals surface area contributed by atoms with Gasteiger partial charge in [-0.2, -0.15) is 0 Å². The van der Waals surface area contributed by atoms with Crippen LogP contribution in [-0.4, -0.2) is 110 Å². The number of nitrogens with one attached hydrogen (secondary N) is 1. The molecule has 3 amide bonds. The molecule has 5 aromatic carbocycles. The van der Waals surface area contributed by atoms with Gasteiger partial charge in [0.1, 0.15) is 42.1 Å². The number of amides is 3. The number of hydrogen-bond donors (Lipinski definition) is 3. The molecule has 4 fully saturated rings. The summed E-state index contributed by atoms with van der Waals surface area (Å²) in [6.07, 6.45) is 2.69. The van der Waals surface area contributed by atoms with E-state index in [2.05, 4.69) is 22.1 Å². The minimum absolute atomic E-state index is 0.0345. The highest BCUT2D eigenvalue weighted by Gasteiger charge is 2.76. The number of anilines is 3. The average molecular weight is 989 g/mol. The van der Waals surface area contributed by atoms with Gasteiger partial charge in [0.05, 0.1) is 50.1 Å². The summed E-state index contributed by atoms with van der Waals surface area (Å²) in [5.74, 6) is 2.94. The summed E-state index contributed by atoms with van der Waals surface area (Å²) in [6.45, 7) is 2.13. The van der Waals surface area contributed by atoms with Gasteiger partial charge in [-0.15, -0.1) is 0 Å². The standard InChI is InChI=1S/C58H60N4O11/c1-69-35-36-72-56(67)61-47-24-19-39(25-28-57(68)26-10-2-3-11-27-57)37-46(47)58(55(61)66)48(53(64)59-43-20-22-44(23-21-43)60-29-32-70-33-30-60)50-54(65)73-51(41-15-8-5-9-16-41)49(40-13-6-4-7-14-40)62(50)52(58)42-17-12-18-45(38-42)71-34-31-63/h4-9,12-24,37-38,48-52,63,68H,2-3,10-11,26-27,29-36H2,1H3,(H,59,64). The van der Waals surface area contributed by atoms with Gasteiger partial charge in [0, 0.05) is 37.1 Å². The maximum Gasteiger partial charge on any atom is 0.421 e. The van der Waals surface area contributed by atoms with Crippen LogP contribution >= 0.6 is 0 Å². The Morgan fingerprint density at radius 2 is 1.48 bits per heavy atom. The number of aliphatic hydroxyl groups is 2. The molecule has 10 rings (SSSR count). The number of rotatable bonds is 12. The summed E-state index contributed by atoms with van der Waals surface area (Å²) in [4.78, 5) is 68.0. The fourth-order valence-corrected chi connectivity index (χ4v) is 11.6. The number of aliphatic hydroxyl groups excluding tert-OH is 1. The van der Waals surface area contributed by atoms with Crippen molar-refractivity contribution in [3.8, 4) is 17.6 Å². The molecule has 5 aliphatic rings. The van der Waals surface area contributed by atoms with E-state index >= 15 is 14.4 Å². The largest absolute Gasteiger partial charge is 0.491 e. The number of esters is 1. The zero-order chi connectivity index (χ0) is 50.5. The van der Waals surface area contributed by atoms with Crippen LogP contribution in [0.2, 0.25) is 0 Å². The zero-order valence-electron chi connectivity index (χ0n) is 40.8. The minimum Gasteiger partial charge on any atom is -0.491 e. The lowest BCUT2D eigenvalue weighted by molar-refractivity contribution is -0.177. The summed E-state index contributed by atoms with van der Waals surface area (Å²) in [5.41, 5.74) is 0.699. The van der Waals surface area contributed by atoms with Crippen molar-refractivity contribution in [1.29, 1.82) is 0 Å². The van der Waals surface area contributed by atoms with E-state index in [0.29, 0.717) is 67.3 Å². The van der Waals surface area contributed by atoms with Crippen molar-refractivity contribution < 1.29 is 53.1 Å². The summed E-state index contributed by atoms with van der Waals surface area (Å²) in [6, 6.07) is 34.9. The molecule has 0 radical (unpaired) electrons. The lowest BCUT2D eigenvalue weighted by Gasteiger charge is -2.46. The van der Waals surface area contributed by atoms with Gasteiger partial charge < -0.3 is 44.1 Å². The second kappa shape index (κ2) is 21.6. The van der Waals surface area contributed by atoms with E-state index in [0.717, 1.165) is 41.8 Å². The van der Waals surface area contributed by atoms with E-state index in [-0.39, 0.29) is 37.7 Å². The normalized spacial score (nSPS) is 24.4. The van der Waals surface area contributed by atoms with Gasteiger partial charge in [0.2, 0.25) is 11.8 Å². The number of nitrogens with zero attached hydrogens (tertiary/aromatic N) is 3. The molecule has 5 aromatic rings.